The number of anilines is 1. The number of benzene rings is 2. The summed E-state index contributed by atoms with van der Waals surface area (Å²) < 4.78 is 32.2. The van der Waals surface area contributed by atoms with E-state index in [4.69, 9.17) is 11.2 Å². The number of nitrogens with zero attached hydrogens (tertiary/aromatic N) is 1. The number of rotatable bonds is 5. The molecular formula is C20H17F2NO2. The van der Waals surface area contributed by atoms with E-state index in [1.807, 2.05) is 0 Å². The normalized spacial score (nSPS) is 18.3. The van der Waals surface area contributed by atoms with Gasteiger partial charge >= 0.3 is 0 Å². The van der Waals surface area contributed by atoms with Gasteiger partial charge < -0.3 is 9.64 Å². The summed E-state index contributed by atoms with van der Waals surface area (Å²) in [6.45, 7) is 0.182. The molecular weight excluding hydrogens is 324 g/mol. The maximum absolute atomic E-state index is 13.9. The van der Waals surface area contributed by atoms with Crippen LogP contribution in [0.5, 0.6) is 5.75 Å². The summed E-state index contributed by atoms with van der Waals surface area (Å²) in [4.78, 5) is 14.1. The van der Waals surface area contributed by atoms with Gasteiger partial charge in [0.1, 0.15) is 24.0 Å². The van der Waals surface area contributed by atoms with Crippen LogP contribution < -0.4 is 9.64 Å². The minimum Gasteiger partial charge on any atom is -0.481 e. The largest absolute Gasteiger partial charge is 0.481 e. The molecule has 2 atom stereocenters. The Hall–Kier alpha value is -2.87. The van der Waals surface area contributed by atoms with E-state index < -0.39 is 11.6 Å². The predicted octanol–water partition coefficient (Wildman–Crippen LogP) is 3.74. The SMILES string of the molecule is C#CCOc1ccc(N(C)C(=O)C2CC2c2ccc(F)cc2F)cc1. The van der Waals surface area contributed by atoms with E-state index >= 15 is 0 Å². The third-order valence-corrected chi connectivity index (χ3v) is 4.35. The molecule has 2 aromatic carbocycles. The van der Waals surface area contributed by atoms with Crippen LogP contribution in [0.25, 0.3) is 0 Å². The van der Waals surface area contributed by atoms with Crippen molar-refractivity contribution in [2.75, 3.05) is 18.6 Å². The van der Waals surface area contributed by atoms with Gasteiger partial charge in [-0.1, -0.05) is 12.0 Å². The van der Waals surface area contributed by atoms with Gasteiger partial charge in [-0.2, -0.15) is 0 Å². The third kappa shape index (κ3) is 3.63. The van der Waals surface area contributed by atoms with Gasteiger partial charge in [-0.15, -0.1) is 6.42 Å². The highest BCUT2D eigenvalue weighted by molar-refractivity contribution is 5.97. The number of hydrogen-bond donors (Lipinski definition) is 0. The number of hydrogen-bond acceptors (Lipinski definition) is 2. The van der Waals surface area contributed by atoms with Crippen molar-refractivity contribution in [1.82, 2.24) is 0 Å². The molecule has 0 aromatic heterocycles. The first-order valence-corrected chi connectivity index (χ1v) is 7.90. The monoisotopic (exact) mass is 341 g/mol. The molecule has 0 N–H and O–H groups in total. The highest BCUT2D eigenvalue weighted by Gasteiger charge is 2.46. The molecule has 0 spiro atoms. The van der Waals surface area contributed by atoms with Crippen LogP contribution in [0.1, 0.15) is 17.9 Å². The van der Waals surface area contributed by atoms with Crippen molar-refractivity contribution in [3.63, 3.8) is 0 Å². The van der Waals surface area contributed by atoms with E-state index in [1.165, 1.54) is 17.0 Å². The summed E-state index contributed by atoms with van der Waals surface area (Å²) in [5, 5.41) is 0. The van der Waals surface area contributed by atoms with Crippen molar-refractivity contribution in [3.05, 3.63) is 59.7 Å². The van der Waals surface area contributed by atoms with Crippen molar-refractivity contribution >= 4 is 11.6 Å². The van der Waals surface area contributed by atoms with Crippen molar-refractivity contribution in [2.24, 2.45) is 5.92 Å². The molecule has 1 amide bonds. The summed E-state index contributed by atoms with van der Waals surface area (Å²) in [5.74, 6) is 1.21. The van der Waals surface area contributed by atoms with E-state index in [9.17, 15) is 13.6 Å². The Morgan fingerprint density at radius 3 is 2.64 bits per heavy atom. The first-order chi connectivity index (χ1) is 12.0. The Balaban J connectivity index is 1.66. The van der Waals surface area contributed by atoms with Crippen LogP contribution in [-0.2, 0) is 4.79 Å². The molecule has 2 unspecified atom stereocenters. The van der Waals surface area contributed by atoms with Gasteiger partial charge in [-0.25, -0.2) is 8.78 Å². The second-order valence-electron chi connectivity index (χ2n) is 6.00. The van der Waals surface area contributed by atoms with Crippen molar-refractivity contribution in [2.45, 2.75) is 12.3 Å². The average molecular weight is 341 g/mol. The van der Waals surface area contributed by atoms with E-state index in [0.717, 1.165) is 6.07 Å². The van der Waals surface area contributed by atoms with Gasteiger partial charge in [0.2, 0.25) is 5.91 Å². The van der Waals surface area contributed by atoms with Crippen molar-refractivity contribution < 1.29 is 18.3 Å². The topological polar surface area (TPSA) is 29.5 Å². The number of terminal acetylenes is 1. The zero-order chi connectivity index (χ0) is 18.0. The fourth-order valence-electron chi connectivity index (χ4n) is 2.88. The van der Waals surface area contributed by atoms with Gasteiger partial charge in [0.25, 0.3) is 0 Å². The van der Waals surface area contributed by atoms with Gasteiger partial charge in [-0.05, 0) is 48.2 Å². The second kappa shape index (κ2) is 6.94. The van der Waals surface area contributed by atoms with E-state index in [-0.39, 0.29) is 24.3 Å². The maximum atomic E-state index is 13.9. The number of ether oxygens (including phenoxy) is 1. The summed E-state index contributed by atoms with van der Waals surface area (Å²) in [5.41, 5.74) is 1.11. The predicted molar refractivity (Wildman–Crippen MR) is 91.4 cm³/mol. The van der Waals surface area contributed by atoms with Crippen LogP contribution >= 0.6 is 0 Å². The Morgan fingerprint density at radius 1 is 1.28 bits per heavy atom. The maximum Gasteiger partial charge on any atom is 0.230 e. The average Bonchev–Trinajstić information content (AvgIpc) is 3.39. The molecule has 128 valence electrons. The lowest BCUT2D eigenvalue weighted by molar-refractivity contribution is -0.119. The first-order valence-electron chi connectivity index (χ1n) is 7.90. The molecule has 3 rings (SSSR count). The molecule has 25 heavy (non-hydrogen) atoms. The Morgan fingerprint density at radius 2 is 2.00 bits per heavy atom. The molecule has 0 radical (unpaired) electrons. The molecule has 2 aromatic rings. The third-order valence-electron chi connectivity index (χ3n) is 4.35. The van der Waals surface area contributed by atoms with Crippen LogP contribution in [0, 0.1) is 29.9 Å². The number of amides is 1. The lowest BCUT2D eigenvalue weighted by atomic mass is 10.1. The Labute approximate surface area is 145 Å². The van der Waals surface area contributed by atoms with Crippen LogP contribution in [0.4, 0.5) is 14.5 Å². The smallest absolute Gasteiger partial charge is 0.230 e. The molecule has 1 aliphatic rings. The fraction of sp³-hybridized carbons (Fsp3) is 0.250. The minimum absolute atomic E-state index is 0.0916. The first kappa shape index (κ1) is 17.0. The second-order valence-corrected chi connectivity index (χ2v) is 6.00. The van der Waals surface area contributed by atoms with Crippen LogP contribution in [0.15, 0.2) is 42.5 Å². The summed E-state index contributed by atoms with van der Waals surface area (Å²) in [6, 6.07) is 10.5. The van der Waals surface area contributed by atoms with E-state index in [2.05, 4.69) is 5.92 Å². The summed E-state index contributed by atoms with van der Waals surface area (Å²) in [6.07, 6.45) is 5.70. The number of carbonyl (C=O) groups excluding carboxylic acids is 1. The standard InChI is InChI=1S/C20H17F2NO2/c1-3-10-25-15-7-5-14(6-8-15)23(2)20(24)18-12-17(18)16-9-4-13(21)11-19(16)22/h1,4-9,11,17-18H,10,12H2,2H3. The lowest BCUT2D eigenvalue weighted by Gasteiger charge is -2.18. The zero-order valence-electron chi connectivity index (χ0n) is 13.7. The van der Waals surface area contributed by atoms with Crippen LogP contribution in [0.3, 0.4) is 0 Å². The summed E-state index contributed by atoms with van der Waals surface area (Å²) in [7, 11) is 1.68. The summed E-state index contributed by atoms with van der Waals surface area (Å²) >= 11 is 0. The highest BCUT2D eigenvalue weighted by atomic mass is 19.1. The van der Waals surface area contributed by atoms with Crippen LogP contribution in [0.2, 0.25) is 0 Å². The van der Waals surface area contributed by atoms with Gasteiger partial charge in [-0.3, -0.25) is 4.79 Å². The van der Waals surface area contributed by atoms with Crippen LogP contribution in [-0.4, -0.2) is 19.6 Å². The molecule has 0 bridgehead atoms. The van der Waals surface area contributed by atoms with Crippen molar-refractivity contribution in [3.8, 4) is 18.1 Å². The van der Waals surface area contributed by atoms with E-state index in [1.54, 1.807) is 31.3 Å². The molecule has 3 nitrogen and oxygen atoms in total. The van der Waals surface area contributed by atoms with Crippen molar-refractivity contribution in [1.29, 1.82) is 0 Å². The lowest BCUT2D eigenvalue weighted by Crippen LogP contribution is -2.28. The van der Waals surface area contributed by atoms with Gasteiger partial charge in [0, 0.05) is 24.7 Å². The highest BCUT2D eigenvalue weighted by Crippen LogP contribution is 2.49. The van der Waals surface area contributed by atoms with Gasteiger partial charge in [0.15, 0.2) is 0 Å². The molecule has 1 aliphatic carbocycles. The molecule has 0 aliphatic heterocycles. The van der Waals surface area contributed by atoms with Gasteiger partial charge in [0.05, 0.1) is 0 Å². The number of halogens is 2. The molecule has 0 saturated heterocycles. The zero-order valence-corrected chi connectivity index (χ0v) is 13.7. The minimum atomic E-state index is -0.617. The Bertz CT molecular complexity index is 827. The number of carbonyl (C=O) groups is 1. The van der Waals surface area contributed by atoms with E-state index in [0.29, 0.717) is 23.4 Å². The Kier molecular flexibility index (Phi) is 4.71. The molecule has 1 fully saturated rings. The molecule has 0 heterocycles. The molecule has 1 saturated carbocycles. The molecule has 5 heteroatoms. The fourth-order valence-corrected chi connectivity index (χ4v) is 2.88. The quantitative estimate of drug-likeness (QED) is 0.776.